The number of aromatic nitrogens is 1. The average molecular weight is 276 g/mol. The second-order valence-corrected chi connectivity index (χ2v) is 5.47. The number of nitrogens with one attached hydrogen (secondary N) is 1. The van der Waals surface area contributed by atoms with Crippen molar-refractivity contribution in [3.05, 3.63) is 66.4 Å². The van der Waals surface area contributed by atoms with Gasteiger partial charge >= 0.3 is 0 Å². The van der Waals surface area contributed by atoms with Gasteiger partial charge in [0.25, 0.3) is 0 Å². The van der Waals surface area contributed by atoms with Crippen molar-refractivity contribution in [1.82, 2.24) is 10.3 Å². The second kappa shape index (κ2) is 6.06. The zero-order valence-electron chi connectivity index (χ0n) is 12.5. The topological polar surface area (TPSA) is 24.9 Å². The van der Waals surface area contributed by atoms with Crippen LogP contribution in [0.5, 0.6) is 0 Å². The Bertz CT molecular complexity index is 727. The standard InChI is InChI=1S/C19H20N2/c1-14(20-2)13-15-8-10-16(11-9-15)17-5-3-7-19-18(17)6-4-12-21-19/h3-12,14,20H,13H2,1-2H3. The van der Waals surface area contributed by atoms with E-state index in [0.29, 0.717) is 6.04 Å². The van der Waals surface area contributed by atoms with Gasteiger partial charge in [-0.25, -0.2) is 0 Å². The molecule has 2 aromatic carbocycles. The highest BCUT2D eigenvalue weighted by Gasteiger charge is 2.05. The van der Waals surface area contributed by atoms with Gasteiger partial charge in [0.2, 0.25) is 0 Å². The fraction of sp³-hybridized carbons (Fsp3) is 0.211. The van der Waals surface area contributed by atoms with E-state index in [0.717, 1.165) is 11.9 Å². The van der Waals surface area contributed by atoms with Crippen LogP contribution in [0.4, 0.5) is 0 Å². The lowest BCUT2D eigenvalue weighted by molar-refractivity contribution is 0.608. The molecule has 1 atom stereocenters. The molecule has 21 heavy (non-hydrogen) atoms. The summed E-state index contributed by atoms with van der Waals surface area (Å²) in [5, 5.41) is 4.48. The van der Waals surface area contributed by atoms with Crippen molar-refractivity contribution in [3.63, 3.8) is 0 Å². The maximum atomic E-state index is 4.43. The van der Waals surface area contributed by atoms with E-state index in [1.165, 1.54) is 22.1 Å². The van der Waals surface area contributed by atoms with Gasteiger partial charge in [0, 0.05) is 17.6 Å². The summed E-state index contributed by atoms with van der Waals surface area (Å²) in [6.45, 7) is 2.20. The predicted octanol–water partition coefficient (Wildman–Crippen LogP) is 4.05. The van der Waals surface area contributed by atoms with E-state index in [-0.39, 0.29) is 0 Å². The Hall–Kier alpha value is -2.19. The van der Waals surface area contributed by atoms with Crippen LogP contribution in [0.2, 0.25) is 0 Å². The van der Waals surface area contributed by atoms with Crippen molar-refractivity contribution in [2.24, 2.45) is 0 Å². The van der Waals surface area contributed by atoms with Crippen molar-refractivity contribution in [2.45, 2.75) is 19.4 Å². The van der Waals surface area contributed by atoms with Crippen molar-refractivity contribution < 1.29 is 0 Å². The fourth-order valence-electron chi connectivity index (χ4n) is 2.63. The molecule has 0 fully saturated rings. The minimum Gasteiger partial charge on any atom is -0.317 e. The van der Waals surface area contributed by atoms with Gasteiger partial charge in [-0.05, 0) is 49.2 Å². The molecule has 2 heteroatoms. The summed E-state index contributed by atoms with van der Waals surface area (Å²) in [5.41, 5.74) is 4.89. The monoisotopic (exact) mass is 276 g/mol. The van der Waals surface area contributed by atoms with E-state index in [2.05, 4.69) is 65.8 Å². The van der Waals surface area contributed by atoms with Crippen molar-refractivity contribution >= 4 is 10.9 Å². The Morgan fingerprint density at radius 3 is 2.57 bits per heavy atom. The molecule has 0 aliphatic rings. The van der Waals surface area contributed by atoms with Crippen LogP contribution < -0.4 is 5.32 Å². The number of rotatable bonds is 4. The van der Waals surface area contributed by atoms with E-state index in [1.807, 2.05) is 19.3 Å². The van der Waals surface area contributed by atoms with Crippen LogP contribution >= 0.6 is 0 Å². The summed E-state index contributed by atoms with van der Waals surface area (Å²) < 4.78 is 0. The summed E-state index contributed by atoms with van der Waals surface area (Å²) >= 11 is 0. The molecule has 2 nitrogen and oxygen atoms in total. The number of pyridine rings is 1. The number of hydrogen-bond acceptors (Lipinski definition) is 2. The summed E-state index contributed by atoms with van der Waals surface area (Å²) in [6.07, 6.45) is 2.89. The molecule has 3 aromatic rings. The van der Waals surface area contributed by atoms with E-state index in [9.17, 15) is 0 Å². The zero-order chi connectivity index (χ0) is 14.7. The third-order valence-electron chi connectivity index (χ3n) is 3.95. The van der Waals surface area contributed by atoms with Gasteiger partial charge in [0.15, 0.2) is 0 Å². The third kappa shape index (κ3) is 2.96. The third-order valence-corrected chi connectivity index (χ3v) is 3.95. The summed E-state index contributed by atoms with van der Waals surface area (Å²) in [6, 6.07) is 19.8. The zero-order valence-corrected chi connectivity index (χ0v) is 12.5. The molecule has 1 N–H and O–H groups in total. The van der Waals surface area contributed by atoms with E-state index in [4.69, 9.17) is 0 Å². The highest BCUT2D eigenvalue weighted by Crippen LogP contribution is 2.27. The Morgan fingerprint density at radius 1 is 1.00 bits per heavy atom. The predicted molar refractivity (Wildman–Crippen MR) is 89.4 cm³/mol. The molecular weight excluding hydrogens is 256 g/mol. The van der Waals surface area contributed by atoms with Gasteiger partial charge in [-0.3, -0.25) is 4.98 Å². The van der Waals surface area contributed by atoms with Gasteiger partial charge < -0.3 is 5.32 Å². The Balaban J connectivity index is 1.96. The van der Waals surface area contributed by atoms with Gasteiger partial charge in [0.05, 0.1) is 5.52 Å². The maximum Gasteiger partial charge on any atom is 0.0708 e. The molecule has 1 unspecified atom stereocenters. The molecule has 0 aliphatic carbocycles. The van der Waals surface area contributed by atoms with Crippen molar-refractivity contribution in [1.29, 1.82) is 0 Å². The average Bonchev–Trinajstić information content (AvgIpc) is 2.55. The highest BCUT2D eigenvalue weighted by atomic mass is 14.8. The lowest BCUT2D eigenvalue weighted by atomic mass is 9.98. The summed E-state index contributed by atoms with van der Waals surface area (Å²) in [5.74, 6) is 0. The van der Waals surface area contributed by atoms with E-state index >= 15 is 0 Å². The first-order chi connectivity index (χ1) is 10.3. The number of nitrogens with zero attached hydrogens (tertiary/aromatic N) is 1. The molecule has 106 valence electrons. The normalized spacial score (nSPS) is 12.5. The largest absolute Gasteiger partial charge is 0.317 e. The minimum absolute atomic E-state index is 0.498. The summed E-state index contributed by atoms with van der Waals surface area (Å²) in [4.78, 5) is 4.43. The fourth-order valence-corrected chi connectivity index (χ4v) is 2.63. The first-order valence-corrected chi connectivity index (χ1v) is 7.38. The van der Waals surface area contributed by atoms with Gasteiger partial charge in [-0.15, -0.1) is 0 Å². The van der Waals surface area contributed by atoms with Crippen LogP contribution in [0.25, 0.3) is 22.0 Å². The molecule has 0 bridgehead atoms. The van der Waals surface area contributed by atoms with Crippen LogP contribution in [0, 0.1) is 0 Å². The first-order valence-electron chi connectivity index (χ1n) is 7.38. The van der Waals surface area contributed by atoms with E-state index < -0.39 is 0 Å². The van der Waals surface area contributed by atoms with Crippen molar-refractivity contribution in [3.8, 4) is 11.1 Å². The Kier molecular flexibility index (Phi) is 3.98. The highest BCUT2D eigenvalue weighted by molar-refractivity contribution is 5.94. The maximum absolute atomic E-state index is 4.43. The van der Waals surface area contributed by atoms with Crippen LogP contribution in [-0.4, -0.2) is 18.1 Å². The van der Waals surface area contributed by atoms with Crippen LogP contribution in [0.1, 0.15) is 12.5 Å². The molecule has 0 spiro atoms. The molecule has 0 radical (unpaired) electrons. The van der Waals surface area contributed by atoms with Crippen LogP contribution in [-0.2, 0) is 6.42 Å². The molecule has 1 heterocycles. The second-order valence-electron chi connectivity index (χ2n) is 5.47. The van der Waals surface area contributed by atoms with E-state index in [1.54, 1.807) is 0 Å². The lowest BCUT2D eigenvalue weighted by Gasteiger charge is -2.11. The number of fused-ring (bicyclic) bond motifs is 1. The molecule has 0 amide bonds. The molecule has 3 rings (SSSR count). The van der Waals surface area contributed by atoms with Gasteiger partial charge in [-0.2, -0.15) is 0 Å². The van der Waals surface area contributed by atoms with Gasteiger partial charge in [-0.1, -0.05) is 42.5 Å². The molecule has 0 saturated heterocycles. The minimum atomic E-state index is 0.498. The quantitative estimate of drug-likeness (QED) is 0.777. The number of hydrogen-bond donors (Lipinski definition) is 1. The van der Waals surface area contributed by atoms with Crippen LogP contribution in [0.3, 0.4) is 0 Å². The molecule has 0 saturated carbocycles. The Labute approximate surface area is 125 Å². The smallest absolute Gasteiger partial charge is 0.0708 e. The summed E-state index contributed by atoms with van der Waals surface area (Å²) in [7, 11) is 2.00. The van der Waals surface area contributed by atoms with Crippen LogP contribution in [0.15, 0.2) is 60.8 Å². The number of likely N-dealkylation sites (N-methyl/N-ethyl adjacent to an activating group) is 1. The SMILES string of the molecule is CNC(C)Cc1ccc(-c2cccc3ncccc23)cc1. The molecule has 0 aliphatic heterocycles. The van der Waals surface area contributed by atoms with Crippen molar-refractivity contribution in [2.75, 3.05) is 7.05 Å². The lowest BCUT2D eigenvalue weighted by Crippen LogP contribution is -2.23. The first kappa shape index (κ1) is 13.8. The van der Waals surface area contributed by atoms with Gasteiger partial charge in [0.1, 0.15) is 0 Å². The Morgan fingerprint density at radius 2 is 1.81 bits per heavy atom. The molecule has 1 aromatic heterocycles. The molecular formula is C19H20N2. The number of benzene rings is 2.